The van der Waals surface area contributed by atoms with Gasteiger partial charge in [0, 0.05) is 29.3 Å². The molecule has 2 saturated carbocycles. The lowest BCUT2D eigenvalue weighted by atomic mass is 9.93. The molecule has 1 heterocycles. The molecule has 1 amide bonds. The molecule has 3 unspecified atom stereocenters. The Labute approximate surface area is 208 Å². The molecule has 5 nitrogen and oxygen atoms in total. The highest BCUT2D eigenvalue weighted by Crippen LogP contribution is 2.50. The first kappa shape index (κ1) is 24.3. The molecule has 3 fully saturated rings. The van der Waals surface area contributed by atoms with Crippen molar-refractivity contribution in [2.45, 2.75) is 69.5 Å². The van der Waals surface area contributed by atoms with Crippen LogP contribution in [-0.4, -0.2) is 38.2 Å². The van der Waals surface area contributed by atoms with E-state index in [0.717, 1.165) is 31.5 Å². The number of piperidine rings is 1. The molecule has 0 bridgehead atoms. The van der Waals surface area contributed by atoms with Crippen LogP contribution >= 0.6 is 0 Å². The van der Waals surface area contributed by atoms with Gasteiger partial charge in [-0.3, -0.25) is 4.79 Å². The molecular formula is C29H38FN3O2. The summed E-state index contributed by atoms with van der Waals surface area (Å²) in [5, 5.41) is 10.2. The Morgan fingerprint density at radius 3 is 2.57 bits per heavy atom. The van der Waals surface area contributed by atoms with Crippen LogP contribution in [0.25, 0.3) is 0 Å². The number of nitrogens with one attached hydrogen (secondary N) is 3. The molecule has 3 N–H and O–H groups in total. The zero-order chi connectivity index (χ0) is 24.4. The number of hydrogen-bond acceptors (Lipinski definition) is 4. The summed E-state index contributed by atoms with van der Waals surface area (Å²) >= 11 is 0. The number of methoxy groups -OCH3 is 1. The third-order valence-corrected chi connectivity index (χ3v) is 8.37. The molecule has 3 aliphatic rings. The molecule has 0 aromatic heterocycles. The van der Waals surface area contributed by atoms with Gasteiger partial charge in [0.15, 0.2) is 0 Å². The van der Waals surface area contributed by atoms with Gasteiger partial charge in [-0.15, -0.1) is 0 Å². The van der Waals surface area contributed by atoms with Crippen molar-refractivity contribution in [3.63, 3.8) is 0 Å². The molecule has 35 heavy (non-hydrogen) atoms. The van der Waals surface area contributed by atoms with Gasteiger partial charge in [0.25, 0.3) is 5.91 Å². The standard InChI is InChI=1S/C29H38FN3O2/c1-18(25-16-24(35-2)9-10-27(25)30)32-28-17-26(28)22-8-7-21(15-22)19-3-5-20(6-4-19)29(34)33-23-11-13-31-14-12-23/h3-6,9-10,16,18,21-23,26,28,31-32H,7-8,11-15,17H2,1-2H3,(H,33,34)/t18-,21+,22?,26?,28?/m1/s1. The molecule has 0 spiro atoms. The van der Waals surface area contributed by atoms with Crippen molar-refractivity contribution in [1.29, 1.82) is 0 Å². The molecule has 5 rings (SSSR count). The highest BCUT2D eigenvalue weighted by atomic mass is 19.1. The molecule has 0 radical (unpaired) electrons. The van der Waals surface area contributed by atoms with Gasteiger partial charge in [-0.05, 0) is 112 Å². The summed E-state index contributed by atoms with van der Waals surface area (Å²) in [5.74, 6) is 2.50. The van der Waals surface area contributed by atoms with E-state index in [1.807, 2.05) is 19.1 Å². The molecule has 1 saturated heterocycles. The van der Waals surface area contributed by atoms with E-state index in [4.69, 9.17) is 4.74 Å². The van der Waals surface area contributed by atoms with Gasteiger partial charge in [-0.2, -0.15) is 0 Å². The van der Waals surface area contributed by atoms with Crippen LogP contribution in [0.15, 0.2) is 42.5 Å². The normalized spacial score (nSPS) is 27.4. The Bertz CT molecular complexity index is 1020. The number of ether oxygens (including phenoxy) is 1. The minimum Gasteiger partial charge on any atom is -0.497 e. The van der Waals surface area contributed by atoms with Crippen molar-refractivity contribution in [1.82, 2.24) is 16.0 Å². The predicted molar refractivity (Wildman–Crippen MR) is 136 cm³/mol. The molecule has 2 aliphatic carbocycles. The number of benzene rings is 2. The van der Waals surface area contributed by atoms with E-state index in [2.05, 4.69) is 28.1 Å². The van der Waals surface area contributed by atoms with Crippen LogP contribution in [0.2, 0.25) is 0 Å². The van der Waals surface area contributed by atoms with Crippen LogP contribution in [0.5, 0.6) is 5.75 Å². The van der Waals surface area contributed by atoms with E-state index in [1.54, 1.807) is 19.2 Å². The lowest BCUT2D eigenvalue weighted by molar-refractivity contribution is 0.0929. The first-order valence-corrected chi connectivity index (χ1v) is 13.2. The van der Waals surface area contributed by atoms with Gasteiger partial charge in [0.2, 0.25) is 0 Å². The summed E-state index contributed by atoms with van der Waals surface area (Å²) in [6.07, 6.45) is 6.81. The van der Waals surface area contributed by atoms with Crippen molar-refractivity contribution in [2.75, 3.05) is 20.2 Å². The van der Waals surface area contributed by atoms with Crippen molar-refractivity contribution in [2.24, 2.45) is 11.8 Å². The fourth-order valence-corrected chi connectivity index (χ4v) is 6.17. The largest absolute Gasteiger partial charge is 0.497 e. The smallest absolute Gasteiger partial charge is 0.251 e. The lowest BCUT2D eigenvalue weighted by Crippen LogP contribution is -2.42. The van der Waals surface area contributed by atoms with Gasteiger partial charge in [-0.25, -0.2) is 4.39 Å². The summed E-state index contributed by atoms with van der Waals surface area (Å²) < 4.78 is 19.6. The third kappa shape index (κ3) is 5.70. The quantitative estimate of drug-likeness (QED) is 0.502. The monoisotopic (exact) mass is 479 g/mol. The third-order valence-electron chi connectivity index (χ3n) is 8.37. The number of hydrogen-bond donors (Lipinski definition) is 3. The van der Waals surface area contributed by atoms with Crippen molar-refractivity contribution >= 4 is 5.91 Å². The Morgan fingerprint density at radius 1 is 1.06 bits per heavy atom. The Morgan fingerprint density at radius 2 is 1.83 bits per heavy atom. The van der Waals surface area contributed by atoms with Gasteiger partial charge >= 0.3 is 0 Å². The van der Waals surface area contributed by atoms with Gasteiger partial charge in [-0.1, -0.05) is 12.1 Å². The number of amides is 1. The minimum atomic E-state index is -0.184. The van der Waals surface area contributed by atoms with Crippen LogP contribution < -0.4 is 20.7 Å². The Hall–Kier alpha value is -2.44. The molecule has 2 aromatic rings. The summed E-state index contributed by atoms with van der Waals surface area (Å²) in [6, 6.07) is 13.9. The highest BCUT2D eigenvalue weighted by molar-refractivity contribution is 5.94. The van der Waals surface area contributed by atoms with E-state index in [-0.39, 0.29) is 23.8 Å². The summed E-state index contributed by atoms with van der Waals surface area (Å²) in [5.41, 5.74) is 2.78. The van der Waals surface area contributed by atoms with E-state index in [0.29, 0.717) is 35.1 Å². The maximum absolute atomic E-state index is 14.3. The highest BCUT2D eigenvalue weighted by Gasteiger charge is 2.46. The van der Waals surface area contributed by atoms with E-state index >= 15 is 0 Å². The number of halogens is 1. The van der Waals surface area contributed by atoms with Gasteiger partial charge in [0.05, 0.1) is 7.11 Å². The molecule has 2 aromatic carbocycles. The Balaban J connectivity index is 1.11. The maximum Gasteiger partial charge on any atom is 0.251 e. The zero-order valence-electron chi connectivity index (χ0n) is 20.9. The van der Waals surface area contributed by atoms with Crippen molar-refractivity contribution in [3.8, 4) is 5.75 Å². The van der Waals surface area contributed by atoms with Crippen molar-refractivity contribution < 1.29 is 13.9 Å². The van der Waals surface area contributed by atoms with Crippen LogP contribution in [0.3, 0.4) is 0 Å². The van der Waals surface area contributed by atoms with E-state index in [1.165, 1.54) is 37.3 Å². The average Bonchev–Trinajstić information content (AvgIpc) is 3.46. The molecule has 188 valence electrons. The van der Waals surface area contributed by atoms with Crippen molar-refractivity contribution in [3.05, 3.63) is 65.0 Å². The SMILES string of the molecule is COc1ccc(F)c([C@@H](C)NC2CC2C2CC[C@H](c3ccc(C(=O)NC4CCNCC4)cc3)C2)c1. The number of carbonyl (C=O) groups excluding carboxylic acids is 1. The second-order valence-corrected chi connectivity index (χ2v) is 10.7. The topological polar surface area (TPSA) is 62.4 Å². The zero-order valence-corrected chi connectivity index (χ0v) is 20.9. The first-order chi connectivity index (χ1) is 17.0. The fraction of sp³-hybridized carbons (Fsp3) is 0.552. The van der Waals surface area contributed by atoms with E-state index in [9.17, 15) is 9.18 Å². The van der Waals surface area contributed by atoms with Crippen LogP contribution in [0.1, 0.15) is 78.9 Å². The maximum atomic E-state index is 14.3. The van der Waals surface area contributed by atoms with Gasteiger partial charge in [0.1, 0.15) is 11.6 Å². The second-order valence-electron chi connectivity index (χ2n) is 10.7. The predicted octanol–water partition coefficient (Wildman–Crippen LogP) is 4.94. The molecule has 5 atom stereocenters. The summed E-state index contributed by atoms with van der Waals surface area (Å²) in [4.78, 5) is 12.6. The second kappa shape index (κ2) is 10.7. The summed E-state index contributed by atoms with van der Waals surface area (Å²) in [7, 11) is 1.61. The molecular weight excluding hydrogens is 441 g/mol. The van der Waals surface area contributed by atoms with Crippen LogP contribution in [0.4, 0.5) is 4.39 Å². The first-order valence-electron chi connectivity index (χ1n) is 13.2. The van der Waals surface area contributed by atoms with Crippen LogP contribution in [0, 0.1) is 17.7 Å². The number of rotatable bonds is 8. The molecule has 1 aliphatic heterocycles. The number of carbonyl (C=O) groups is 1. The minimum absolute atomic E-state index is 0.0409. The fourth-order valence-electron chi connectivity index (χ4n) is 6.17. The van der Waals surface area contributed by atoms with E-state index < -0.39 is 0 Å². The van der Waals surface area contributed by atoms with Gasteiger partial charge < -0.3 is 20.7 Å². The Kier molecular flexibility index (Phi) is 7.40. The van der Waals surface area contributed by atoms with Crippen LogP contribution in [-0.2, 0) is 0 Å². The summed E-state index contributed by atoms with van der Waals surface area (Å²) in [6.45, 7) is 3.98. The molecule has 6 heteroatoms. The average molecular weight is 480 g/mol. The lowest BCUT2D eigenvalue weighted by Gasteiger charge is -2.23.